The molecular formula is C12H15F3N2O2. The van der Waals surface area contributed by atoms with Gasteiger partial charge in [0.25, 0.3) is 0 Å². The second-order valence-electron chi connectivity index (χ2n) is 4.15. The normalized spacial score (nSPS) is 13.4. The first-order chi connectivity index (χ1) is 8.70. The third-order valence-corrected chi connectivity index (χ3v) is 2.69. The van der Waals surface area contributed by atoms with E-state index in [2.05, 4.69) is 4.74 Å². The van der Waals surface area contributed by atoms with Crippen LogP contribution in [0.5, 0.6) is 5.75 Å². The summed E-state index contributed by atoms with van der Waals surface area (Å²) < 4.78 is 40.6. The number of halogens is 3. The Morgan fingerprint density at radius 2 is 2.00 bits per heavy atom. The molecule has 0 aliphatic carbocycles. The van der Waals surface area contributed by atoms with Gasteiger partial charge >= 0.3 is 6.36 Å². The van der Waals surface area contributed by atoms with Crippen molar-refractivity contribution in [3.63, 3.8) is 0 Å². The first-order valence-electron chi connectivity index (χ1n) is 5.54. The molecule has 106 valence electrons. The second kappa shape index (κ2) is 5.92. The maximum Gasteiger partial charge on any atom is 0.573 e. The van der Waals surface area contributed by atoms with Crippen molar-refractivity contribution in [2.45, 2.75) is 25.9 Å². The van der Waals surface area contributed by atoms with E-state index in [0.29, 0.717) is 5.56 Å². The number of primary amides is 1. The van der Waals surface area contributed by atoms with Crippen molar-refractivity contribution in [3.8, 4) is 5.75 Å². The summed E-state index contributed by atoms with van der Waals surface area (Å²) in [5.41, 5.74) is 5.47. The number of nitrogens with zero attached hydrogens (tertiary/aromatic N) is 1. The van der Waals surface area contributed by atoms with Gasteiger partial charge in [-0.2, -0.15) is 0 Å². The predicted molar refractivity (Wildman–Crippen MR) is 63.2 cm³/mol. The summed E-state index contributed by atoms with van der Waals surface area (Å²) in [6, 6.07) is 5.19. The van der Waals surface area contributed by atoms with Crippen LogP contribution in [-0.2, 0) is 11.3 Å². The van der Waals surface area contributed by atoms with Gasteiger partial charge in [-0.15, -0.1) is 13.2 Å². The monoisotopic (exact) mass is 276 g/mol. The largest absolute Gasteiger partial charge is 0.573 e. The zero-order chi connectivity index (χ0) is 14.6. The van der Waals surface area contributed by atoms with Crippen LogP contribution in [0, 0.1) is 0 Å². The van der Waals surface area contributed by atoms with Crippen LogP contribution in [0.1, 0.15) is 12.5 Å². The summed E-state index contributed by atoms with van der Waals surface area (Å²) in [7, 11) is 1.60. The lowest BCUT2D eigenvalue weighted by Gasteiger charge is -2.23. The number of likely N-dealkylation sites (N-methyl/N-ethyl adjacent to an activating group) is 1. The first kappa shape index (κ1) is 15.3. The molecular weight excluding hydrogens is 261 g/mol. The molecule has 0 aromatic heterocycles. The molecule has 2 N–H and O–H groups in total. The van der Waals surface area contributed by atoms with Crippen molar-refractivity contribution in [2.24, 2.45) is 5.73 Å². The van der Waals surface area contributed by atoms with E-state index in [4.69, 9.17) is 5.73 Å². The van der Waals surface area contributed by atoms with Crippen LogP contribution >= 0.6 is 0 Å². The Labute approximate surface area is 108 Å². The Kier molecular flexibility index (Phi) is 4.77. The van der Waals surface area contributed by atoms with Gasteiger partial charge in [-0.05, 0) is 20.0 Å². The molecule has 0 saturated carbocycles. The van der Waals surface area contributed by atoms with Gasteiger partial charge in [-0.3, -0.25) is 9.69 Å². The molecule has 0 unspecified atom stereocenters. The van der Waals surface area contributed by atoms with E-state index in [9.17, 15) is 18.0 Å². The molecule has 7 heteroatoms. The van der Waals surface area contributed by atoms with Crippen molar-refractivity contribution in [3.05, 3.63) is 29.8 Å². The highest BCUT2D eigenvalue weighted by atomic mass is 19.4. The highest BCUT2D eigenvalue weighted by molar-refractivity contribution is 5.79. The molecule has 1 aromatic rings. The van der Waals surface area contributed by atoms with Crippen molar-refractivity contribution in [1.82, 2.24) is 4.90 Å². The molecule has 0 heterocycles. The van der Waals surface area contributed by atoms with Gasteiger partial charge in [0, 0.05) is 12.1 Å². The average Bonchev–Trinajstić information content (AvgIpc) is 2.28. The van der Waals surface area contributed by atoms with Crippen molar-refractivity contribution in [1.29, 1.82) is 0 Å². The SMILES string of the molecule is C[C@H](C(N)=O)N(C)Cc1ccccc1OC(F)(F)F. The fraction of sp³-hybridized carbons (Fsp3) is 0.417. The highest BCUT2D eigenvalue weighted by Crippen LogP contribution is 2.27. The Bertz CT molecular complexity index is 449. The van der Waals surface area contributed by atoms with Gasteiger partial charge in [0.2, 0.25) is 5.91 Å². The number of rotatable bonds is 5. The quantitative estimate of drug-likeness (QED) is 0.893. The molecule has 1 rings (SSSR count). The molecule has 0 aliphatic rings. The zero-order valence-corrected chi connectivity index (χ0v) is 10.6. The van der Waals surface area contributed by atoms with Gasteiger partial charge in [-0.25, -0.2) is 0 Å². The van der Waals surface area contributed by atoms with Gasteiger partial charge in [0.05, 0.1) is 6.04 Å². The number of hydrogen-bond acceptors (Lipinski definition) is 3. The molecule has 0 radical (unpaired) electrons. The van der Waals surface area contributed by atoms with Crippen LogP contribution in [0.3, 0.4) is 0 Å². The molecule has 0 aliphatic heterocycles. The van der Waals surface area contributed by atoms with Crippen LogP contribution in [0.15, 0.2) is 24.3 Å². The number of para-hydroxylation sites is 1. The van der Waals surface area contributed by atoms with Crippen LogP contribution in [0.2, 0.25) is 0 Å². The summed E-state index contributed by atoms with van der Waals surface area (Å²) in [5.74, 6) is -0.824. The summed E-state index contributed by atoms with van der Waals surface area (Å²) >= 11 is 0. The smallest absolute Gasteiger partial charge is 0.405 e. The van der Waals surface area contributed by atoms with Crippen LogP contribution in [0.4, 0.5) is 13.2 Å². The Hall–Kier alpha value is -1.76. The standard InChI is InChI=1S/C12H15F3N2O2/c1-8(11(16)18)17(2)7-9-5-3-4-6-10(9)19-12(13,14)15/h3-6,8H,7H2,1-2H3,(H2,16,18)/t8-/m1/s1. The van der Waals surface area contributed by atoms with Gasteiger partial charge in [0.15, 0.2) is 0 Å². The lowest BCUT2D eigenvalue weighted by Crippen LogP contribution is -2.39. The van der Waals surface area contributed by atoms with E-state index in [-0.39, 0.29) is 12.3 Å². The topological polar surface area (TPSA) is 55.6 Å². The lowest BCUT2D eigenvalue weighted by atomic mass is 10.1. The second-order valence-corrected chi connectivity index (χ2v) is 4.15. The van der Waals surface area contributed by atoms with E-state index in [0.717, 1.165) is 0 Å². The number of ether oxygens (including phenoxy) is 1. The highest BCUT2D eigenvalue weighted by Gasteiger charge is 2.32. The maximum atomic E-state index is 12.2. The molecule has 0 saturated heterocycles. The fourth-order valence-corrected chi connectivity index (χ4v) is 1.48. The molecule has 1 atom stereocenters. The third-order valence-electron chi connectivity index (χ3n) is 2.69. The van der Waals surface area contributed by atoms with Gasteiger partial charge in [0.1, 0.15) is 5.75 Å². The Morgan fingerprint density at radius 1 is 1.42 bits per heavy atom. The molecule has 1 amide bonds. The molecule has 1 aromatic carbocycles. The van der Waals surface area contributed by atoms with Crippen molar-refractivity contribution < 1.29 is 22.7 Å². The number of nitrogens with two attached hydrogens (primary N) is 1. The molecule has 0 spiro atoms. The summed E-state index contributed by atoms with van der Waals surface area (Å²) in [4.78, 5) is 12.6. The number of alkyl halides is 3. The number of benzene rings is 1. The maximum absolute atomic E-state index is 12.2. The van der Waals surface area contributed by atoms with E-state index < -0.39 is 18.3 Å². The molecule has 19 heavy (non-hydrogen) atoms. The summed E-state index contributed by atoms with van der Waals surface area (Å²) in [6.07, 6.45) is -4.75. The van der Waals surface area contributed by atoms with Crippen molar-refractivity contribution in [2.75, 3.05) is 7.05 Å². The summed E-state index contributed by atoms with van der Waals surface area (Å²) in [6.45, 7) is 1.70. The Morgan fingerprint density at radius 3 is 2.53 bits per heavy atom. The number of carbonyl (C=O) groups excluding carboxylic acids is 1. The minimum Gasteiger partial charge on any atom is -0.405 e. The minimum atomic E-state index is -4.75. The van der Waals surface area contributed by atoms with E-state index in [1.807, 2.05) is 0 Å². The van der Waals surface area contributed by atoms with Gasteiger partial charge < -0.3 is 10.5 Å². The first-order valence-corrected chi connectivity index (χ1v) is 5.54. The van der Waals surface area contributed by atoms with Crippen molar-refractivity contribution >= 4 is 5.91 Å². The van der Waals surface area contributed by atoms with Gasteiger partial charge in [-0.1, -0.05) is 18.2 Å². The zero-order valence-electron chi connectivity index (χ0n) is 10.6. The number of hydrogen-bond donors (Lipinski definition) is 1. The number of carbonyl (C=O) groups is 1. The lowest BCUT2D eigenvalue weighted by molar-refractivity contribution is -0.275. The van der Waals surface area contributed by atoms with E-state index in [1.54, 1.807) is 24.9 Å². The van der Waals surface area contributed by atoms with Crippen LogP contribution < -0.4 is 10.5 Å². The molecule has 4 nitrogen and oxygen atoms in total. The fourth-order valence-electron chi connectivity index (χ4n) is 1.48. The molecule has 0 fully saturated rings. The third kappa shape index (κ3) is 4.78. The van der Waals surface area contributed by atoms with Crippen LogP contribution in [0.25, 0.3) is 0 Å². The minimum absolute atomic E-state index is 0.121. The van der Waals surface area contributed by atoms with Crippen LogP contribution in [-0.4, -0.2) is 30.3 Å². The average molecular weight is 276 g/mol. The predicted octanol–water partition coefficient (Wildman–Crippen LogP) is 1.89. The number of amides is 1. The van der Waals surface area contributed by atoms with E-state index in [1.165, 1.54) is 18.2 Å². The van der Waals surface area contributed by atoms with E-state index >= 15 is 0 Å². The summed E-state index contributed by atoms with van der Waals surface area (Å²) in [5, 5.41) is 0. The Balaban J connectivity index is 2.86. The molecule has 0 bridgehead atoms.